The van der Waals surface area contributed by atoms with Crippen LogP contribution in [-0.4, -0.2) is 18.1 Å². The van der Waals surface area contributed by atoms with Gasteiger partial charge in [0.2, 0.25) is 0 Å². The van der Waals surface area contributed by atoms with Crippen LogP contribution in [0.4, 0.5) is 0 Å². The fraction of sp³-hybridized carbons (Fsp3) is 0.588. The van der Waals surface area contributed by atoms with Crippen LogP contribution < -0.4 is 0 Å². The molecule has 22 heavy (non-hydrogen) atoms. The van der Waals surface area contributed by atoms with Crippen LogP contribution >= 0.6 is 0 Å². The molecule has 5 heteroatoms. The van der Waals surface area contributed by atoms with Crippen molar-refractivity contribution in [2.75, 3.05) is 0 Å². The highest BCUT2D eigenvalue weighted by atomic mass is 32.2. The Balaban J connectivity index is 3.55. The van der Waals surface area contributed by atoms with Crippen LogP contribution in [0.2, 0.25) is 0 Å². The molecule has 0 saturated heterocycles. The van der Waals surface area contributed by atoms with E-state index in [2.05, 4.69) is 13.8 Å². The number of carbonyl (C=O) groups excluding carboxylic acids is 1. The van der Waals surface area contributed by atoms with Gasteiger partial charge in [-0.15, -0.1) is 0 Å². The van der Waals surface area contributed by atoms with E-state index in [-0.39, 0.29) is 18.3 Å². The summed E-state index contributed by atoms with van der Waals surface area (Å²) in [7, 11) is -4.65. The quantitative estimate of drug-likeness (QED) is 0.830. The Hall–Kier alpha value is -1.20. The summed E-state index contributed by atoms with van der Waals surface area (Å²) in [6.07, 6.45) is -0.280. The Morgan fingerprint density at radius 3 is 1.64 bits per heavy atom. The summed E-state index contributed by atoms with van der Waals surface area (Å²) in [5, 5.41) is -1.14. The van der Waals surface area contributed by atoms with Crippen molar-refractivity contribution in [1.82, 2.24) is 0 Å². The summed E-state index contributed by atoms with van der Waals surface area (Å²) in [6, 6.07) is 4.10. The van der Waals surface area contributed by atoms with Gasteiger partial charge >= 0.3 is 10.1 Å². The van der Waals surface area contributed by atoms with E-state index in [0.717, 1.165) is 16.7 Å². The van der Waals surface area contributed by atoms with Crippen LogP contribution in [0.3, 0.4) is 0 Å². The molecule has 4 nitrogen and oxygen atoms in total. The molecular formula is C17H26O4S. The molecule has 1 N–H and O–H groups in total. The molecule has 0 radical (unpaired) electrons. The maximum Gasteiger partial charge on any atom is 0.329 e. The summed E-state index contributed by atoms with van der Waals surface area (Å²) >= 11 is 0. The Morgan fingerprint density at radius 2 is 1.36 bits per heavy atom. The number of rotatable bonds is 5. The predicted molar refractivity (Wildman–Crippen MR) is 89.0 cm³/mol. The van der Waals surface area contributed by atoms with Gasteiger partial charge < -0.3 is 0 Å². The largest absolute Gasteiger partial charge is 0.329 e. The van der Waals surface area contributed by atoms with Crippen molar-refractivity contribution < 1.29 is 17.8 Å². The second-order valence-corrected chi connectivity index (χ2v) is 8.07. The van der Waals surface area contributed by atoms with Gasteiger partial charge in [-0.1, -0.05) is 53.7 Å². The Kier molecular flexibility index (Phi) is 5.93. The molecule has 0 bridgehead atoms. The van der Waals surface area contributed by atoms with E-state index in [1.54, 1.807) is 0 Å². The highest BCUT2D eigenvalue weighted by Gasteiger charge is 2.24. The lowest BCUT2D eigenvalue weighted by atomic mass is 9.83. The van der Waals surface area contributed by atoms with Gasteiger partial charge in [0, 0.05) is 0 Å². The Labute approximate surface area is 133 Å². The van der Waals surface area contributed by atoms with Crippen molar-refractivity contribution in [2.24, 2.45) is 0 Å². The van der Waals surface area contributed by atoms with Crippen molar-refractivity contribution in [3.8, 4) is 0 Å². The number of benzene rings is 1. The standard InChI is InChI=1S/C17H26O4S/c1-10(2)13-7-14(11(3)4)16(15(8-13)12(5)6)9-17(18)22(19,20)21/h7-8,10-12H,9H2,1-6H3,(H,19,20,21). The molecule has 0 aliphatic rings. The van der Waals surface area contributed by atoms with Crippen LogP contribution in [0.1, 0.15) is 81.5 Å². The Morgan fingerprint density at radius 1 is 0.955 bits per heavy atom. The summed E-state index contributed by atoms with van der Waals surface area (Å²) in [6.45, 7) is 12.3. The first-order chi connectivity index (χ1) is 9.95. The third kappa shape index (κ3) is 4.40. The van der Waals surface area contributed by atoms with E-state index in [0.29, 0.717) is 5.92 Å². The zero-order valence-electron chi connectivity index (χ0n) is 14.2. The average molecular weight is 326 g/mol. The minimum atomic E-state index is -4.65. The molecule has 0 unspecified atom stereocenters. The minimum absolute atomic E-state index is 0.167. The van der Waals surface area contributed by atoms with E-state index in [1.165, 1.54) is 5.56 Å². The zero-order valence-corrected chi connectivity index (χ0v) is 15.0. The van der Waals surface area contributed by atoms with Gasteiger partial charge in [0.15, 0.2) is 0 Å². The lowest BCUT2D eigenvalue weighted by Gasteiger charge is -2.22. The van der Waals surface area contributed by atoms with Crippen LogP contribution in [0.25, 0.3) is 0 Å². The van der Waals surface area contributed by atoms with E-state index in [4.69, 9.17) is 4.55 Å². The van der Waals surface area contributed by atoms with E-state index in [9.17, 15) is 13.2 Å². The minimum Gasteiger partial charge on any atom is -0.280 e. The molecule has 0 aliphatic heterocycles. The van der Waals surface area contributed by atoms with Crippen molar-refractivity contribution in [3.05, 3.63) is 34.4 Å². The highest BCUT2D eigenvalue weighted by Crippen LogP contribution is 2.32. The van der Waals surface area contributed by atoms with Gasteiger partial charge in [-0.25, -0.2) is 0 Å². The molecule has 0 aliphatic carbocycles. The summed E-state index contributed by atoms with van der Waals surface area (Å²) < 4.78 is 31.1. The maximum absolute atomic E-state index is 11.8. The molecule has 0 heterocycles. The fourth-order valence-corrected chi connectivity index (χ4v) is 2.87. The first-order valence-corrected chi connectivity index (χ1v) is 9.06. The van der Waals surface area contributed by atoms with Gasteiger partial charge in [0.25, 0.3) is 5.12 Å². The SMILES string of the molecule is CC(C)c1cc(C(C)C)c(CC(=O)S(=O)(=O)O)c(C(C)C)c1. The monoisotopic (exact) mass is 326 g/mol. The van der Waals surface area contributed by atoms with Gasteiger partial charge in [-0.3, -0.25) is 9.35 Å². The molecule has 124 valence electrons. The second kappa shape index (κ2) is 6.92. The molecule has 0 fully saturated rings. The number of hydrogen-bond acceptors (Lipinski definition) is 3. The molecule has 1 aromatic carbocycles. The van der Waals surface area contributed by atoms with Gasteiger partial charge in [0.05, 0.1) is 6.42 Å². The smallest absolute Gasteiger partial charge is 0.280 e. The van der Waals surface area contributed by atoms with Crippen molar-refractivity contribution in [1.29, 1.82) is 0 Å². The first kappa shape index (κ1) is 18.8. The van der Waals surface area contributed by atoms with E-state index >= 15 is 0 Å². The van der Waals surface area contributed by atoms with Gasteiger partial charge in [-0.05, 0) is 40.0 Å². The molecular weight excluding hydrogens is 300 g/mol. The summed E-state index contributed by atoms with van der Waals surface area (Å²) in [4.78, 5) is 11.8. The molecule has 1 aromatic rings. The number of hydrogen-bond donors (Lipinski definition) is 1. The highest BCUT2D eigenvalue weighted by molar-refractivity contribution is 8.01. The molecule has 0 amide bonds. The third-order valence-corrected chi connectivity index (χ3v) is 4.58. The van der Waals surface area contributed by atoms with E-state index in [1.807, 2.05) is 39.8 Å². The van der Waals surface area contributed by atoms with Crippen LogP contribution in [0.5, 0.6) is 0 Å². The maximum atomic E-state index is 11.8. The molecule has 0 atom stereocenters. The number of carbonyl (C=O) groups is 1. The van der Waals surface area contributed by atoms with Gasteiger partial charge in [-0.2, -0.15) is 8.42 Å². The van der Waals surface area contributed by atoms with Crippen LogP contribution in [-0.2, 0) is 21.3 Å². The van der Waals surface area contributed by atoms with Crippen molar-refractivity contribution >= 4 is 15.2 Å². The average Bonchev–Trinajstić information content (AvgIpc) is 2.36. The predicted octanol–water partition coefficient (Wildman–Crippen LogP) is 4.01. The second-order valence-electron chi connectivity index (χ2n) is 6.67. The van der Waals surface area contributed by atoms with Gasteiger partial charge in [0.1, 0.15) is 0 Å². The van der Waals surface area contributed by atoms with Crippen molar-refractivity contribution in [2.45, 2.75) is 65.7 Å². The molecule has 0 spiro atoms. The lowest BCUT2D eigenvalue weighted by molar-refractivity contribution is -0.111. The summed E-state index contributed by atoms with van der Waals surface area (Å²) in [5.41, 5.74) is 3.87. The fourth-order valence-electron chi connectivity index (χ4n) is 2.54. The Bertz CT molecular complexity index is 626. The van der Waals surface area contributed by atoms with Crippen LogP contribution in [0.15, 0.2) is 12.1 Å². The first-order valence-electron chi connectivity index (χ1n) is 7.62. The van der Waals surface area contributed by atoms with E-state index < -0.39 is 15.2 Å². The molecule has 0 aromatic heterocycles. The summed E-state index contributed by atoms with van der Waals surface area (Å²) in [5.74, 6) is 0.683. The zero-order chi connectivity index (χ0) is 17.2. The molecule has 1 rings (SSSR count). The van der Waals surface area contributed by atoms with Crippen molar-refractivity contribution in [3.63, 3.8) is 0 Å². The lowest BCUT2D eigenvalue weighted by Crippen LogP contribution is -2.18. The normalized spacial score (nSPS) is 12.5. The third-order valence-electron chi connectivity index (χ3n) is 3.86. The molecule has 0 saturated carbocycles. The topological polar surface area (TPSA) is 71.4 Å². The van der Waals surface area contributed by atoms with Crippen LogP contribution in [0, 0.1) is 0 Å².